The number of carbonyl (C=O) groups is 1. The molecule has 0 atom stereocenters. The van der Waals surface area contributed by atoms with Crippen molar-refractivity contribution in [3.05, 3.63) is 77.2 Å². The zero-order chi connectivity index (χ0) is 20.1. The number of allylic oxidation sites excluding steroid dienone is 5. The van der Waals surface area contributed by atoms with Crippen LogP contribution in [0.3, 0.4) is 0 Å². The van der Waals surface area contributed by atoms with Crippen molar-refractivity contribution in [3.63, 3.8) is 0 Å². The minimum Gasteiger partial charge on any atom is -0.478 e. The van der Waals surface area contributed by atoms with Crippen molar-refractivity contribution in [1.29, 1.82) is 0 Å². The molecule has 0 bridgehead atoms. The molecule has 1 N–H and O–H groups in total. The highest BCUT2D eigenvalue weighted by Crippen LogP contribution is 2.28. The van der Waals surface area contributed by atoms with Crippen LogP contribution in [-0.4, -0.2) is 26.4 Å². The Labute approximate surface area is 165 Å². The van der Waals surface area contributed by atoms with E-state index in [4.69, 9.17) is 25.8 Å². The number of carboxylic acid groups (broad SMARTS) is 1. The van der Waals surface area contributed by atoms with Crippen LogP contribution in [0.15, 0.2) is 69.2 Å². The van der Waals surface area contributed by atoms with E-state index >= 15 is 0 Å². The number of hydrogen-bond donors (Lipinski definition) is 1. The molecule has 8 heteroatoms. The van der Waals surface area contributed by atoms with E-state index in [2.05, 4.69) is 21.9 Å². The van der Waals surface area contributed by atoms with Gasteiger partial charge in [0.2, 0.25) is 5.82 Å². The van der Waals surface area contributed by atoms with Gasteiger partial charge in [-0.05, 0) is 25.1 Å². The molecule has 3 aromatic rings. The lowest BCUT2D eigenvalue weighted by molar-refractivity contribution is 0.0697. The summed E-state index contributed by atoms with van der Waals surface area (Å²) < 4.78 is 10.6. The number of rotatable bonds is 7. The van der Waals surface area contributed by atoms with E-state index in [9.17, 15) is 4.79 Å². The molecular formula is C20H16ClN3O4. The summed E-state index contributed by atoms with van der Waals surface area (Å²) in [6.45, 7) is 5.32. The van der Waals surface area contributed by atoms with E-state index in [1.165, 1.54) is 12.1 Å². The van der Waals surface area contributed by atoms with Crippen molar-refractivity contribution in [3.8, 4) is 22.8 Å². The van der Waals surface area contributed by atoms with E-state index < -0.39 is 5.97 Å². The lowest BCUT2D eigenvalue weighted by Crippen LogP contribution is -1.96. The highest BCUT2D eigenvalue weighted by atomic mass is 35.5. The fourth-order valence-corrected chi connectivity index (χ4v) is 2.56. The third-order valence-electron chi connectivity index (χ3n) is 3.78. The van der Waals surface area contributed by atoms with Crippen LogP contribution in [0.2, 0.25) is 0 Å². The van der Waals surface area contributed by atoms with Gasteiger partial charge in [-0.15, -0.1) is 0 Å². The van der Waals surface area contributed by atoms with Crippen LogP contribution >= 0.6 is 11.6 Å². The highest BCUT2D eigenvalue weighted by molar-refractivity contribution is 6.30. The van der Waals surface area contributed by atoms with E-state index in [0.29, 0.717) is 34.0 Å². The molecule has 0 unspecified atom stereocenters. The summed E-state index contributed by atoms with van der Waals surface area (Å²) in [5.74, 6) is 0.0511. The Hall–Kier alpha value is -3.45. The molecule has 7 nitrogen and oxygen atoms in total. The Morgan fingerprint density at radius 3 is 2.86 bits per heavy atom. The van der Waals surface area contributed by atoms with Crippen molar-refractivity contribution < 1.29 is 18.9 Å². The molecule has 28 heavy (non-hydrogen) atoms. The van der Waals surface area contributed by atoms with Crippen LogP contribution in [0.25, 0.3) is 22.8 Å². The van der Waals surface area contributed by atoms with Crippen LogP contribution in [0.1, 0.15) is 21.8 Å². The van der Waals surface area contributed by atoms with E-state index in [1.807, 2.05) is 12.2 Å². The van der Waals surface area contributed by atoms with Gasteiger partial charge in [0.25, 0.3) is 5.89 Å². The SMILES string of the molecule is C=C(Cl)/C=C\C=C/Cc1noc(C)c1-c1nc(-c2cccc(C(=O)O)c2)no1. The van der Waals surface area contributed by atoms with Gasteiger partial charge in [0, 0.05) is 17.0 Å². The Bertz CT molecular complexity index is 1080. The first-order chi connectivity index (χ1) is 13.5. The maximum absolute atomic E-state index is 11.1. The molecule has 1 aromatic carbocycles. The quantitative estimate of drug-likeness (QED) is 0.571. The molecule has 2 heterocycles. The van der Waals surface area contributed by atoms with Gasteiger partial charge in [0.15, 0.2) is 0 Å². The molecule has 0 spiro atoms. The fourth-order valence-electron chi connectivity index (χ4n) is 2.48. The molecule has 0 aliphatic carbocycles. The van der Waals surface area contributed by atoms with Crippen LogP contribution in [0.5, 0.6) is 0 Å². The predicted octanol–water partition coefficient (Wildman–Crippen LogP) is 4.81. The molecule has 0 fully saturated rings. The average molecular weight is 398 g/mol. The van der Waals surface area contributed by atoms with Crippen LogP contribution in [0.4, 0.5) is 0 Å². The molecule has 0 saturated carbocycles. The molecule has 0 saturated heterocycles. The number of aromatic carboxylic acids is 1. The first-order valence-corrected chi connectivity index (χ1v) is 8.64. The molecular weight excluding hydrogens is 382 g/mol. The molecule has 0 amide bonds. The Morgan fingerprint density at radius 1 is 1.29 bits per heavy atom. The molecule has 0 aliphatic heterocycles. The second-order valence-corrected chi connectivity index (χ2v) is 6.29. The van der Waals surface area contributed by atoms with Crippen LogP contribution in [-0.2, 0) is 6.42 Å². The zero-order valence-electron chi connectivity index (χ0n) is 14.9. The number of halogens is 1. The smallest absolute Gasteiger partial charge is 0.335 e. The van der Waals surface area contributed by atoms with Crippen molar-refractivity contribution in [2.45, 2.75) is 13.3 Å². The van der Waals surface area contributed by atoms with E-state index in [1.54, 1.807) is 31.2 Å². The van der Waals surface area contributed by atoms with Gasteiger partial charge in [-0.3, -0.25) is 0 Å². The van der Waals surface area contributed by atoms with Gasteiger partial charge in [-0.25, -0.2) is 4.79 Å². The van der Waals surface area contributed by atoms with Gasteiger partial charge in [-0.1, -0.05) is 58.9 Å². The third-order valence-corrected chi connectivity index (χ3v) is 3.90. The van der Waals surface area contributed by atoms with Gasteiger partial charge in [-0.2, -0.15) is 4.98 Å². The van der Waals surface area contributed by atoms with E-state index in [0.717, 1.165) is 0 Å². The monoisotopic (exact) mass is 397 g/mol. The van der Waals surface area contributed by atoms with Gasteiger partial charge >= 0.3 is 5.97 Å². The highest BCUT2D eigenvalue weighted by Gasteiger charge is 2.21. The molecule has 0 radical (unpaired) electrons. The first kappa shape index (κ1) is 19.3. The largest absolute Gasteiger partial charge is 0.478 e. The molecule has 0 aliphatic rings. The standard InChI is InChI=1S/C20H16ClN3O4/c1-12(21)7-4-3-5-10-16-17(13(2)27-23-16)19-22-18(24-28-19)14-8-6-9-15(11-14)20(25)26/h3-9,11H,1,10H2,2H3,(H,25,26)/b5-3-,7-4-. The molecule has 3 rings (SSSR count). The molecule has 142 valence electrons. The Morgan fingerprint density at radius 2 is 2.11 bits per heavy atom. The number of aromatic nitrogens is 3. The summed E-state index contributed by atoms with van der Waals surface area (Å²) in [6.07, 6.45) is 7.62. The number of benzene rings is 1. The first-order valence-electron chi connectivity index (χ1n) is 8.26. The van der Waals surface area contributed by atoms with Gasteiger partial charge in [0.1, 0.15) is 17.0 Å². The Balaban J connectivity index is 1.86. The van der Waals surface area contributed by atoms with Gasteiger partial charge in [0.05, 0.1) is 5.56 Å². The summed E-state index contributed by atoms with van der Waals surface area (Å²) >= 11 is 5.66. The topological polar surface area (TPSA) is 102 Å². The number of nitrogens with zero attached hydrogens (tertiary/aromatic N) is 3. The van der Waals surface area contributed by atoms with Crippen molar-refractivity contribution in [1.82, 2.24) is 15.3 Å². The lowest BCUT2D eigenvalue weighted by atomic mass is 10.1. The minimum atomic E-state index is -1.03. The summed E-state index contributed by atoms with van der Waals surface area (Å²) in [4.78, 5) is 15.5. The maximum Gasteiger partial charge on any atom is 0.335 e. The lowest BCUT2D eigenvalue weighted by Gasteiger charge is -1.97. The van der Waals surface area contributed by atoms with Gasteiger partial charge < -0.3 is 14.2 Å². The summed E-state index contributed by atoms with van der Waals surface area (Å²) in [6, 6.07) is 6.31. The summed E-state index contributed by atoms with van der Waals surface area (Å²) in [5.41, 5.74) is 1.94. The number of aryl methyl sites for hydroxylation is 1. The number of carboxylic acids is 1. The number of hydrogen-bond acceptors (Lipinski definition) is 6. The maximum atomic E-state index is 11.1. The van der Waals surface area contributed by atoms with Crippen LogP contribution in [0, 0.1) is 6.92 Å². The minimum absolute atomic E-state index is 0.142. The third kappa shape index (κ3) is 4.44. The second-order valence-electron chi connectivity index (χ2n) is 5.81. The summed E-state index contributed by atoms with van der Waals surface area (Å²) in [7, 11) is 0. The zero-order valence-corrected chi connectivity index (χ0v) is 15.7. The van der Waals surface area contributed by atoms with Crippen molar-refractivity contribution >= 4 is 17.6 Å². The summed E-state index contributed by atoms with van der Waals surface area (Å²) in [5, 5.41) is 17.6. The van der Waals surface area contributed by atoms with E-state index in [-0.39, 0.29) is 17.3 Å². The second kappa shape index (κ2) is 8.49. The normalized spacial score (nSPS) is 11.5. The predicted molar refractivity (Wildman–Crippen MR) is 104 cm³/mol. The fraction of sp³-hybridized carbons (Fsp3) is 0.100. The average Bonchev–Trinajstić information content (AvgIpc) is 3.28. The van der Waals surface area contributed by atoms with Crippen molar-refractivity contribution in [2.75, 3.05) is 0 Å². The Kier molecular flexibility index (Phi) is 5.86. The van der Waals surface area contributed by atoms with Crippen LogP contribution < -0.4 is 0 Å². The molecule has 2 aromatic heterocycles. The van der Waals surface area contributed by atoms with Crippen molar-refractivity contribution in [2.24, 2.45) is 0 Å².